The maximum Gasteiger partial charge on any atom is 0.307 e. The minimum Gasteiger partial charge on any atom is -0.481 e. The fourth-order valence-electron chi connectivity index (χ4n) is 1.10. The Morgan fingerprint density at radius 3 is 2.80 bits per heavy atom. The summed E-state index contributed by atoms with van der Waals surface area (Å²) >= 11 is 0. The van der Waals surface area contributed by atoms with Gasteiger partial charge in [-0.25, -0.2) is 13.8 Å². The lowest BCUT2D eigenvalue weighted by Crippen LogP contribution is -2.05. The van der Waals surface area contributed by atoms with Gasteiger partial charge in [-0.15, -0.1) is 0 Å². The molecule has 82 valence electrons. The minimum absolute atomic E-state index is 0.00157. The molecule has 6 heteroatoms. The van der Waals surface area contributed by atoms with Gasteiger partial charge in [0.05, 0.1) is 13.5 Å². The molecule has 1 heterocycles. The molecule has 0 radical (unpaired) electrons. The van der Waals surface area contributed by atoms with E-state index in [4.69, 9.17) is 5.11 Å². The number of rotatable bonds is 4. The van der Waals surface area contributed by atoms with Crippen molar-refractivity contribution < 1.29 is 23.4 Å². The second kappa shape index (κ2) is 4.68. The molecule has 0 aliphatic heterocycles. The molecule has 1 N–H and O–H groups in total. The zero-order valence-corrected chi connectivity index (χ0v) is 7.91. The van der Waals surface area contributed by atoms with Crippen molar-refractivity contribution in [2.45, 2.75) is 12.8 Å². The van der Waals surface area contributed by atoms with Crippen molar-refractivity contribution in [2.24, 2.45) is 0 Å². The van der Waals surface area contributed by atoms with Crippen molar-refractivity contribution in [3.8, 4) is 5.88 Å². The van der Waals surface area contributed by atoms with E-state index in [1.54, 1.807) is 0 Å². The van der Waals surface area contributed by atoms with Gasteiger partial charge in [-0.1, -0.05) is 0 Å². The highest BCUT2D eigenvalue weighted by Gasteiger charge is 2.16. The molecule has 0 aliphatic carbocycles. The molecule has 1 aromatic heterocycles. The Labute approximate surface area is 84.5 Å². The first-order chi connectivity index (χ1) is 7.04. The van der Waals surface area contributed by atoms with E-state index in [0.717, 1.165) is 12.3 Å². The zero-order valence-electron chi connectivity index (χ0n) is 7.91. The molecular weight excluding hydrogens is 208 g/mol. The van der Waals surface area contributed by atoms with Crippen LogP contribution >= 0.6 is 0 Å². The molecule has 0 aromatic carbocycles. The largest absolute Gasteiger partial charge is 0.481 e. The standard InChI is InChI=1S/C9H9F2NO3/c1-15-7-3-6(9(10)11)5(4-12-7)2-8(13)14/h3-4,9H,2H2,1H3,(H,13,14). The lowest BCUT2D eigenvalue weighted by molar-refractivity contribution is -0.136. The van der Waals surface area contributed by atoms with Crippen molar-refractivity contribution in [3.63, 3.8) is 0 Å². The van der Waals surface area contributed by atoms with Gasteiger partial charge in [0.1, 0.15) is 0 Å². The first kappa shape index (κ1) is 11.4. The summed E-state index contributed by atoms with van der Waals surface area (Å²) in [6.07, 6.45) is -2.12. The van der Waals surface area contributed by atoms with Crippen LogP contribution < -0.4 is 4.74 Å². The second-order valence-electron chi connectivity index (χ2n) is 2.80. The van der Waals surface area contributed by atoms with Crippen molar-refractivity contribution >= 4 is 5.97 Å². The summed E-state index contributed by atoms with van der Waals surface area (Å²) in [5, 5.41) is 8.50. The van der Waals surface area contributed by atoms with Crippen LogP contribution in [0.2, 0.25) is 0 Å². The topological polar surface area (TPSA) is 59.4 Å². The third kappa shape index (κ3) is 2.87. The summed E-state index contributed by atoms with van der Waals surface area (Å²) in [5.41, 5.74) is -0.359. The quantitative estimate of drug-likeness (QED) is 0.833. The number of carbonyl (C=O) groups is 1. The molecule has 0 spiro atoms. The van der Waals surface area contributed by atoms with E-state index < -0.39 is 18.8 Å². The number of methoxy groups -OCH3 is 1. The average molecular weight is 217 g/mol. The summed E-state index contributed by atoms with van der Waals surface area (Å²) in [6, 6.07) is 1.04. The Hall–Kier alpha value is -1.72. The summed E-state index contributed by atoms with van der Waals surface area (Å²) in [5.74, 6) is -1.14. The predicted octanol–water partition coefficient (Wildman–Crippen LogP) is 1.65. The van der Waals surface area contributed by atoms with Gasteiger partial charge < -0.3 is 9.84 Å². The van der Waals surface area contributed by atoms with Crippen LogP contribution in [-0.4, -0.2) is 23.2 Å². The summed E-state index contributed by atoms with van der Waals surface area (Å²) in [4.78, 5) is 14.1. The highest BCUT2D eigenvalue weighted by molar-refractivity contribution is 5.70. The Kier molecular flexibility index (Phi) is 3.54. The maximum absolute atomic E-state index is 12.5. The molecule has 1 rings (SSSR count). The highest BCUT2D eigenvalue weighted by atomic mass is 19.3. The molecule has 0 aliphatic rings. The Balaban J connectivity index is 3.09. The molecule has 0 atom stereocenters. The molecule has 0 amide bonds. The molecule has 15 heavy (non-hydrogen) atoms. The number of ether oxygens (including phenoxy) is 1. The van der Waals surface area contributed by atoms with Gasteiger partial charge in [0, 0.05) is 17.8 Å². The van der Waals surface area contributed by atoms with Gasteiger partial charge >= 0.3 is 5.97 Å². The Bertz CT molecular complexity index is 368. The lowest BCUT2D eigenvalue weighted by Gasteiger charge is -2.07. The predicted molar refractivity (Wildman–Crippen MR) is 47.1 cm³/mol. The molecular formula is C9H9F2NO3. The van der Waals surface area contributed by atoms with Crippen molar-refractivity contribution in [3.05, 3.63) is 23.4 Å². The number of alkyl halides is 2. The van der Waals surface area contributed by atoms with Crippen LogP contribution in [0.3, 0.4) is 0 Å². The molecule has 0 saturated heterocycles. The number of carboxylic acid groups (broad SMARTS) is 1. The SMILES string of the molecule is COc1cc(C(F)F)c(CC(=O)O)cn1. The smallest absolute Gasteiger partial charge is 0.307 e. The number of aliphatic carboxylic acids is 1. The summed E-state index contributed by atoms with van der Waals surface area (Å²) in [6.45, 7) is 0. The lowest BCUT2D eigenvalue weighted by atomic mass is 10.1. The van der Waals surface area contributed by atoms with Crippen LogP contribution in [0, 0.1) is 0 Å². The van der Waals surface area contributed by atoms with Crippen LogP contribution in [0.25, 0.3) is 0 Å². The van der Waals surface area contributed by atoms with E-state index in [0.29, 0.717) is 0 Å². The van der Waals surface area contributed by atoms with Gasteiger partial charge in [-0.2, -0.15) is 0 Å². The third-order valence-electron chi connectivity index (χ3n) is 1.78. The van der Waals surface area contributed by atoms with Crippen LogP contribution in [0.1, 0.15) is 17.6 Å². The summed E-state index contributed by atoms with van der Waals surface area (Å²) in [7, 11) is 1.30. The number of halogens is 2. The zero-order chi connectivity index (χ0) is 11.4. The second-order valence-corrected chi connectivity index (χ2v) is 2.80. The van der Waals surface area contributed by atoms with Crippen molar-refractivity contribution in [2.75, 3.05) is 7.11 Å². The van der Waals surface area contributed by atoms with Gasteiger partial charge in [0.2, 0.25) is 5.88 Å². The first-order valence-corrected chi connectivity index (χ1v) is 4.07. The van der Waals surface area contributed by atoms with Crippen LogP contribution in [0.4, 0.5) is 8.78 Å². The molecule has 4 nitrogen and oxygen atoms in total. The van der Waals surface area contributed by atoms with E-state index in [2.05, 4.69) is 9.72 Å². The Morgan fingerprint density at radius 1 is 1.67 bits per heavy atom. The fraction of sp³-hybridized carbons (Fsp3) is 0.333. The van der Waals surface area contributed by atoms with E-state index in [1.165, 1.54) is 7.11 Å². The van der Waals surface area contributed by atoms with Gasteiger partial charge in [0.25, 0.3) is 6.43 Å². The molecule has 0 fully saturated rings. The number of carboxylic acids is 1. The van der Waals surface area contributed by atoms with Gasteiger partial charge in [0.15, 0.2) is 0 Å². The maximum atomic E-state index is 12.5. The van der Waals surface area contributed by atoms with Crippen LogP contribution in [-0.2, 0) is 11.2 Å². The van der Waals surface area contributed by atoms with E-state index in [9.17, 15) is 13.6 Å². The number of pyridine rings is 1. The molecule has 1 aromatic rings. The number of hydrogen-bond donors (Lipinski definition) is 1. The number of hydrogen-bond acceptors (Lipinski definition) is 3. The minimum atomic E-state index is -2.74. The number of nitrogens with zero attached hydrogens (tertiary/aromatic N) is 1. The monoisotopic (exact) mass is 217 g/mol. The van der Waals surface area contributed by atoms with Gasteiger partial charge in [-0.3, -0.25) is 4.79 Å². The summed E-state index contributed by atoms with van der Waals surface area (Å²) < 4.78 is 29.7. The van der Waals surface area contributed by atoms with E-state index >= 15 is 0 Å². The highest BCUT2D eigenvalue weighted by Crippen LogP contribution is 2.25. The fourth-order valence-corrected chi connectivity index (χ4v) is 1.10. The first-order valence-electron chi connectivity index (χ1n) is 4.07. The molecule has 0 saturated carbocycles. The van der Waals surface area contributed by atoms with Crippen LogP contribution in [0.15, 0.2) is 12.3 Å². The van der Waals surface area contributed by atoms with Gasteiger partial charge in [-0.05, 0) is 5.56 Å². The number of aromatic nitrogens is 1. The third-order valence-corrected chi connectivity index (χ3v) is 1.78. The van der Waals surface area contributed by atoms with Crippen LogP contribution in [0.5, 0.6) is 5.88 Å². The van der Waals surface area contributed by atoms with E-state index in [-0.39, 0.29) is 17.0 Å². The van der Waals surface area contributed by atoms with E-state index in [1.807, 2.05) is 0 Å². The normalized spacial score (nSPS) is 10.4. The molecule has 0 unspecified atom stereocenters. The van der Waals surface area contributed by atoms with Crippen molar-refractivity contribution in [1.82, 2.24) is 4.98 Å². The average Bonchev–Trinajstić information content (AvgIpc) is 2.17. The Morgan fingerprint density at radius 2 is 2.33 bits per heavy atom. The molecule has 0 bridgehead atoms. The van der Waals surface area contributed by atoms with Crippen molar-refractivity contribution in [1.29, 1.82) is 0 Å².